The number of benzene rings is 1. The van der Waals surface area contributed by atoms with Crippen molar-refractivity contribution in [2.75, 3.05) is 6.54 Å². The van der Waals surface area contributed by atoms with Gasteiger partial charge in [0.1, 0.15) is 5.82 Å². The van der Waals surface area contributed by atoms with Crippen LogP contribution >= 0.6 is 11.6 Å². The summed E-state index contributed by atoms with van der Waals surface area (Å²) in [6.45, 7) is 1.73. The Hall–Kier alpha value is -1.30. The Morgan fingerprint density at radius 3 is 2.56 bits per heavy atom. The maximum atomic E-state index is 13.0. The van der Waals surface area contributed by atoms with E-state index in [4.69, 9.17) is 11.6 Å². The van der Waals surface area contributed by atoms with Gasteiger partial charge in [0.15, 0.2) is 0 Å². The zero-order valence-electron chi connectivity index (χ0n) is 9.31. The topological polar surface area (TPSA) is 29.1 Å². The van der Waals surface area contributed by atoms with Crippen LogP contribution in [0.1, 0.15) is 22.8 Å². The highest BCUT2D eigenvalue weighted by atomic mass is 35.5. The van der Waals surface area contributed by atoms with Gasteiger partial charge < -0.3 is 5.32 Å². The van der Waals surface area contributed by atoms with E-state index in [9.17, 15) is 22.4 Å². The first-order valence-electron chi connectivity index (χ1n) is 5.01. The van der Waals surface area contributed by atoms with Crippen molar-refractivity contribution in [1.82, 2.24) is 5.32 Å². The molecule has 18 heavy (non-hydrogen) atoms. The molecule has 100 valence electrons. The SMILES string of the molecule is CC(Cl)CNC(=O)c1ccc(F)c(C(F)(F)F)c1. The predicted molar refractivity (Wildman–Crippen MR) is 59.1 cm³/mol. The van der Waals surface area contributed by atoms with Crippen LogP contribution in [0.15, 0.2) is 18.2 Å². The average Bonchev–Trinajstić information content (AvgIpc) is 2.24. The molecule has 0 aliphatic carbocycles. The van der Waals surface area contributed by atoms with Crippen LogP contribution in [0.4, 0.5) is 17.6 Å². The second-order valence-electron chi connectivity index (χ2n) is 3.68. The molecular formula is C11H10ClF4NO. The van der Waals surface area contributed by atoms with Crippen LogP contribution in [-0.4, -0.2) is 17.8 Å². The largest absolute Gasteiger partial charge is 0.419 e. The van der Waals surface area contributed by atoms with Crippen LogP contribution in [-0.2, 0) is 6.18 Å². The van der Waals surface area contributed by atoms with Gasteiger partial charge in [-0.1, -0.05) is 0 Å². The van der Waals surface area contributed by atoms with Crippen LogP contribution in [0.5, 0.6) is 0 Å². The number of hydrogen-bond acceptors (Lipinski definition) is 1. The molecule has 1 aromatic rings. The number of carbonyl (C=O) groups excluding carboxylic acids is 1. The fourth-order valence-electron chi connectivity index (χ4n) is 1.22. The molecule has 2 nitrogen and oxygen atoms in total. The van der Waals surface area contributed by atoms with Gasteiger partial charge in [0.2, 0.25) is 0 Å². The van der Waals surface area contributed by atoms with Crippen molar-refractivity contribution in [3.8, 4) is 0 Å². The third kappa shape index (κ3) is 3.87. The van der Waals surface area contributed by atoms with E-state index in [0.717, 1.165) is 6.07 Å². The lowest BCUT2D eigenvalue weighted by molar-refractivity contribution is -0.140. The number of halogens is 5. The summed E-state index contributed by atoms with van der Waals surface area (Å²) in [6.07, 6.45) is -4.83. The first kappa shape index (κ1) is 14.8. The Labute approximate surface area is 106 Å². The molecule has 1 amide bonds. The number of amides is 1. The van der Waals surface area contributed by atoms with Crippen molar-refractivity contribution >= 4 is 17.5 Å². The predicted octanol–water partition coefficient (Wildman–Crippen LogP) is 3.20. The maximum absolute atomic E-state index is 13.0. The van der Waals surface area contributed by atoms with Crippen LogP contribution in [0, 0.1) is 5.82 Å². The van der Waals surface area contributed by atoms with Crippen molar-refractivity contribution in [2.24, 2.45) is 0 Å². The van der Waals surface area contributed by atoms with Crippen molar-refractivity contribution in [3.63, 3.8) is 0 Å². The van der Waals surface area contributed by atoms with E-state index in [1.807, 2.05) is 0 Å². The second kappa shape index (κ2) is 5.56. The summed E-state index contributed by atoms with van der Waals surface area (Å²) in [4.78, 5) is 11.5. The molecule has 1 aromatic carbocycles. The van der Waals surface area contributed by atoms with E-state index in [1.165, 1.54) is 0 Å². The van der Waals surface area contributed by atoms with Gasteiger partial charge in [-0.25, -0.2) is 4.39 Å². The van der Waals surface area contributed by atoms with E-state index >= 15 is 0 Å². The second-order valence-corrected chi connectivity index (χ2v) is 4.43. The standard InChI is InChI=1S/C11H10ClF4NO/c1-6(12)5-17-10(18)7-2-3-9(13)8(4-7)11(14,15)16/h2-4,6H,5H2,1H3,(H,17,18). The average molecular weight is 284 g/mol. The molecule has 0 heterocycles. The summed E-state index contributed by atoms with van der Waals surface area (Å²) in [6, 6.07) is 2.07. The van der Waals surface area contributed by atoms with Gasteiger partial charge in [-0.05, 0) is 25.1 Å². The lowest BCUT2D eigenvalue weighted by Gasteiger charge is -2.10. The van der Waals surface area contributed by atoms with E-state index in [0.29, 0.717) is 12.1 Å². The van der Waals surface area contributed by atoms with Crippen molar-refractivity contribution in [3.05, 3.63) is 35.1 Å². The smallest absolute Gasteiger partial charge is 0.351 e. The molecule has 0 saturated heterocycles. The highest BCUT2D eigenvalue weighted by Crippen LogP contribution is 2.31. The van der Waals surface area contributed by atoms with E-state index in [1.54, 1.807) is 6.92 Å². The molecular weight excluding hydrogens is 274 g/mol. The Morgan fingerprint density at radius 1 is 1.44 bits per heavy atom. The van der Waals surface area contributed by atoms with Gasteiger partial charge in [0.05, 0.1) is 5.56 Å². The minimum Gasteiger partial charge on any atom is -0.351 e. The van der Waals surface area contributed by atoms with E-state index in [-0.39, 0.29) is 17.5 Å². The number of carbonyl (C=O) groups is 1. The lowest BCUT2D eigenvalue weighted by Crippen LogP contribution is -2.28. The number of rotatable bonds is 3. The molecule has 0 saturated carbocycles. The molecule has 0 fully saturated rings. The first-order valence-corrected chi connectivity index (χ1v) is 5.44. The zero-order chi connectivity index (χ0) is 13.9. The maximum Gasteiger partial charge on any atom is 0.419 e. The van der Waals surface area contributed by atoms with Gasteiger partial charge in [0.25, 0.3) is 5.91 Å². The molecule has 0 bridgehead atoms. The van der Waals surface area contributed by atoms with Crippen LogP contribution in [0.2, 0.25) is 0 Å². The minimum atomic E-state index is -4.83. The van der Waals surface area contributed by atoms with Crippen LogP contribution < -0.4 is 5.32 Å². The third-order valence-corrected chi connectivity index (χ3v) is 2.23. The first-order chi connectivity index (χ1) is 8.21. The summed E-state index contributed by atoms with van der Waals surface area (Å²) in [5.41, 5.74) is -1.73. The van der Waals surface area contributed by atoms with Crippen molar-refractivity contribution < 1.29 is 22.4 Å². The molecule has 7 heteroatoms. The number of alkyl halides is 4. The molecule has 1 rings (SSSR count). The summed E-state index contributed by atoms with van der Waals surface area (Å²) in [7, 11) is 0. The summed E-state index contributed by atoms with van der Waals surface area (Å²) in [5.74, 6) is -2.14. The van der Waals surface area contributed by atoms with Gasteiger partial charge >= 0.3 is 6.18 Å². The fourth-order valence-corrected chi connectivity index (χ4v) is 1.30. The fraction of sp³-hybridized carbons (Fsp3) is 0.364. The summed E-state index contributed by atoms with van der Waals surface area (Å²) < 4.78 is 50.2. The molecule has 0 spiro atoms. The Balaban J connectivity index is 2.95. The highest BCUT2D eigenvalue weighted by Gasteiger charge is 2.34. The Morgan fingerprint density at radius 2 is 2.06 bits per heavy atom. The van der Waals surface area contributed by atoms with E-state index < -0.39 is 23.5 Å². The molecule has 1 unspecified atom stereocenters. The zero-order valence-corrected chi connectivity index (χ0v) is 10.1. The van der Waals surface area contributed by atoms with Crippen molar-refractivity contribution in [2.45, 2.75) is 18.5 Å². The monoisotopic (exact) mass is 283 g/mol. The van der Waals surface area contributed by atoms with Crippen molar-refractivity contribution in [1.29, 1.82) is 0 Å². The summed E-state index contributed by atoms with van der Waals surface area (Å²) >= 11 is 5.58. The molecule has 1 atom stereocenters. The molecule has 0 aliphatic heterocycles. The third-order valence-electron chi connectivity index (χ3n) is 2.08. The van der Waals surface area contributed by atoms with Gasteiger partial charge in [-0.2, -0.15) is 13.2 Å². The van der Waals surface area contributed by atoms with E-state index in [2.05, 4.69) is 5.32 Å². The summed E-state index contributed by atoms with van der Waals surface area (Å²) in [5, 5.41) is 1.99. The quantitative estimate of drug-likeness (QED) is 0.670. The van der Waals surface area contributed by atoms with Crippen LogP contribution in [0.25, 0.3) is 0 Å². The van der Waals surface area contributed by atoms with Gasteiger partial charge in [0, 0.05) is 17.5 Å². The number of nitrogens with one attached hydrogen (secondary N) is 1. The molecule has 0 aromatic heterocycles. The molecule has 1 N–H and O–H groups in total. The van der Waals surface area contributed by atoms with Gasteiger partial charge in [-0.3, -0.25) is 4.79 Å². The highest BCUT2D eigenvalue weighted by molar-refractivity contribution is 6.20. The number of hydrogen-bond donors (Lipinski definition) is 1. The van der Waals surface area contributed by atoms with Crippen LogP contribution in [0.3, 0.4) is 0 Å². The Kier molecular flexibility index (Phi) is 4.56. The molecule has 0 aliphatic rings. The molecule has 0 radical (unpaired) electrons. The minimum absolute atomic E-state index is 0.110. The normalized spacial score (nSPS) is 13.2. The van der Waals surface area contributed by atoms with Gasteiger partial charge in [-0.15, -0.1) is 11.6 Å². The lowest BCUT2D eigenvalue weighted by atomic mass is 10.1. The Bertz CT molecular complexity index is 445.